The summed E-state index contributed by atoms with van der Waals surface area (Å²) in [6.07, 6.45) is 9.29. The first-order chi connectivity index (χ1) is 11.2. The third-order valence-electron chi connectivity index (χ3n) is 3.99. The van der Waals surface area contributed by atoms with E-state index in [4.69, 9.17) is 4.74 Å². The van der Waals surface area contributed by atoms with Crippen molar-refractivity contribution in [2.24, 2.45) is 0 Å². The van der Waals surface area contributed by atoms with E-state index in [1.165, 1.54) is 11.6 Å². The molecule has 0 saturated carbocycles. The van der Waals surface area contributed by atoms with E-state index in [2.05, 4.69) is 15.1 Å². The molecule has 0 unspecified atom stereocenters. The Bertz CT molecular complexity index is 921. The van der Waals surface area contributed by atoms with Gasteiger partial charge in [0.2, 0.25) is 11.7 Å². The number of rotatable bonds is 2. The van der Waals surface area contributed by atoms with Gasteiger partial charge in [0.05, 0.1) is 18.5 Å². The Morgan fingerprint density at radius 3 is 2.96 bits per heavy atom. The number of allylic oxidation sites excluding steroid dienone is 4. The lowest BCUT2D eigenvalue weighted by Gasteiger charge is -2.09. The fourth-order valence-corrected chi connectivity index (χ4v) is 2.83. The van der Waals surface area contributed by atoms with Crippen LogP contribution in [0.1, 0.15) is 23.5 Å². The second kappa shape index (κ2) is 5.05. The minimum absolute atomic E-state index is 0.198. The predicted octanol–water partition coefficient (Wildman–Crippen LogP) is 1.37. The number of fused-ring (bicyclic) bond motifs is 2. The van der Waals surface area contributed by atoms with Crippen molar-refractivity contribution in [3.63, 3.8) is 0 Å². The average Bonchev–Trinajstić information content (AvgIpc) is 3.11. The van der Waals surface area contributed by atoms with Gasteiger partial charge in [0.1, 0.15) is 5.69 Å². The maximum atomic E-state index is 12.3. The second-order valence-corrected chi connectivity index (χ2v) is 5.41. The van der Waals surface area contributed by atoms with Crippen LogP contribution in [0.5, 0.6) is 5.88 Å². The number of ketones is 1. The maximum absolute atomic E-state index is 12.3. The summed E-state index contributed by atoms with van der Waals surface area (Å²) in [6.45, 7) is 0. The molecular weight excluding hydrogens is 296 g/mol. The van der Waals surface area contributed by atoms with Crippen molar-refractivity contribution in [1.29, 1.82) is 0 Å². The van der Waals surface area contributed by atoms with Crippen LogP contribution in [0.25, 0.3) is 11.9 Å². The molecule has 2 aliphatic carbocycles. The molecule has 2 aromatic heterocycles. The van der Waals surface area contributed by atoms with Crippen LogP contribution in [0, 0.1) is 0 Å². The summed E-state index contributed by atoms with van der Waals surface area (Å²) in [5.74, 6) is 0.137. The predicted molar refractivity (Wildman–Crippen MR) is 81.7 cm³/mol. The first-order valence-electron chi connectivity index (χ1n) is 7.33. The van der Waals surface area contributed by atoms with E-state index < -0.39 is 0 Å². The molecule has 2 aliphatic rings. The molecule has 0 fully saturated rings. The van der Waals surface area contributed by atoms with Gasteiger partial charge in [-0.2, -0.15) is 14.6 Å². The lowest BCUT2D eigenvalue weighted by atomic mass is 10.0. The van der Waals surface area contributed by atoms with Crippen LogP contribution in [0.3, 0.4) is 0 Å². The van der Waals surface area contributed by atoms with Crippen LogP contribution in [-0.2, 0) is 22.4 Å². The minimum Gasteiger partial charge on any atom is -0.493 e. The summed E-state index contributed by atoms with van der Waals surface area (Å²) in [4.78, 5) is 20.7. The molecule has 0 radical (unpaired) electrons. The van der Waals surface area contributed by atoms with E-state index in [-0.39, 0.29) is 17.4 Å². The molecule has 7 heteroatoms. The molecule has 1 N–H and O–H groups in total. The smallest absolute Gasteiger partial charge is 0.254 e. The van der Waals surface area contributed by atoms with Gasteiger partial charge in [-0.3, -0.25) is 4.79 Å². The van der Waals surface area contributed by atoms with Gasteiger partial charge >= 0.3 is 0 Å². The highest BCUT2D eigenvalue weighted by atomic mass is 16.5. The molecule has 2 heterocycles. The monoisotopic (exact) mass is 310 g/mol. The molecule has 0 aliphatic heterocycles. The molecule has 0 aromatic carbocycles. The molecule has 23 heavy (non-hydrogen) atoms. The van der Waals surface area contributed by atoms with Gasteiger partial charge in [-0.1, -0.05) is 12.2 Å². The van der Waals surface area contributed by atoms with Gasteiger partial charge in [0, 0.05) is 5.57 Å². The van der Waals surface area contributed by atoms with Crippen molar-refractivity contribution in [3.8, 4) is 5.88 Å². The van der Waals surface area contributed by atoms with Crippen LogP contribution < -0.4 is 0 Å². The Kier molecular flexibility index (Phi) is 3.00. The van der Waals surface area contributed by atoms with Gasteiger partial charge in [-0.15, -0.1) is 0 Å². The van der Waals surface area contributed by atoms with Crippen molar-refractivity contribution >= 4 is 17.6 Å². The molecule has 7 nitrogen and oxygen atoms in total. The van der Waals surface area contributed by atoms with Crippen LogP contribution in [0.2, 0.25) is 0 Å². The van der Waals surface area contributed by atoms with Gasteiger partial charge in [-0.05, 0) is 31.4 Å². The number of Topliss-reactive ketones (excluding diaryl/α,β-unsaturated/α-hetero) is 1. The zero-order valence-corrected chi connectivity index (χ0v) is 12.5. The van der Waals surface area contributed by atoms with Gasteiger partial charge in [-0.25, -0.2) is 4.98 Å². The Morgan fingerprint density at radius 2 is 2.13 bits per heavy atom. The summed E-state index contributed by atoms with van der Waals surface area (Å²) < 4.78 is 6.52. The lowest BCUT2D eigenvalue weighted by molar-refractivity contribution is -0.114. The number of aromatic nitrogens is 4. The molecular formula is C16H14N4O3. The van der Waals surface area contributed by atoms with Crippen LogP contribution >= 0.6 is 0 Å². The topological polar surface area (TPSA) is 89.6 Å². The van der Waals surface area contributed by atoms with Gasteiger partial charge in [0.25, 0.3) is 5.78 Å². The lowest BCUT2D eigenvalue weighted by Crippen LogP contribution is -2.09. The highest BCUT2D eigenvalue weighted by Gasteiger charge is 2.22. The van der Waals surface area contributed by atoms with Crippen molar-refractivity contribution in [2.75, 3.05) is 7.11 Å². The number of aryl methyl sites for hydroxylation is 2. The quantitative estimate of drug-likeness (QED) is 0.843. The number of hydrogen-bond donors (Lipinski definition) is 1. The number of imidazole rings is 1. The van der Waals surface area contributed by atoms with Gasteiger partial charge < -0.3 is 9.84 Å². The van der Waals surface area contributed by atoms with E-state index >= 15 is 0 Å². The maximum Gasteiger partial charge on any atom is 0.254 e. The first kappa shape index (κ1) is 13.7. The number of carbonyl (C=O) groups is 1. The van der Waals surface area contributed by atoms with E-state index in [1.54, 1.807) is 24.3 Å². The Labute approximate surface area is 131 Å². The van der Waals surface area contributed by atoms with E-state index in [1.807, 2.05) is 0 Å². The normalized spacial score (nSPS) is 18.6. The van der Waals surface area contributed by atoms with Crippen molar-refractivity contribution in [1.82, 2.24) is 19.6 Å². The van der Waals surface area contributed by atoms with E-state index in [0.29, 0.717) is 17.0 Å². The number of hydrogen-bond acceptors (Lipinski definition) is 6. The first-order valence-corrected chi connectivity index (χ1v) is 7.33. The van der Waals surface area contributed by atoms with E-state index in [9.17, 15) is 9.90 Å². The molecule has 4 rings (SSSR count). The third kappa shape index (κ3) is 2.12. The number of carbonyl (C=O) groups excluding carboxylic acids is 1. The zero-order chi connectivity index (χ0) is 16.0. The molecule has 0 saturated heterocycles. The third-order valence-corrected chi connectivity index (χ3v) is 3.99. The summed E-state index contributed by atoms with van der Waals surface area (Å²) >= 11 is 0. The highest BCUT2D eigenvalue weighted by molar-refractivity contribution is 6.12. The minimum atomic E-state index is -0.251. The Balaban J connectivity index is 1.85. The summed E-state index contributed by atoms with van der Waals surface area (Å²) in [7, 11) is 1.45. The molecule has 2 aromatic rings. The van der Waals surface area contributed by atoms with Gasteiger partial charge in [0.15, 0.2) is 5.76 Å². The Hall–Kier alpha value is -2.96. The largest absolute Gasteiger partial charge is 0.493 e. The average molecular weight is 310 g/mol. The van der Waals surface area contributed by atoms with Crippen LogP contribution in [0.4, 0.5) is 0 Å². The number of nitrogens with zero attached hydrogens (tertiary/aromatic N) is 4. The highest BCUT2D eigenvalue weighted by Crippen LogP contribution is 2.25. The number of methoxy groups -OCH3 is 1. The fraction of sp³-hybridized carbons (Fsp3) is 0.250. The van der Waals surface area contributed by atoms with Crippen molar-refractivity contribution in [2.45, 2.75) is 19.3 Å². The molecule has 0 spiro atoms. The van der Waals surface area contributed by atoms with Crippen LogP contribution in [0.15, 0.2) is 29.6 Å². The summed E-state index contributed by atoms with van der Waals surface area (Å²) in [5.41, 5.74) is 2.58. The fourth-order valence-electron chi connectivity index (χ4n) is 2.83. The molecule has 116 valence electrons. The zero-order valence-electron chi connectivity index (χ0n) is 12.5. The van der Waals surface area contributed by atoms with E-state index in [0.717, 1.165) is 30.7 Å². The summed E-state index contributed by atoms with van der Waals surface area (Å²) in [5, 5.41) is 14.6. The standard InChI is InChI=1S/C16H14N4O3/c1-23-13-7-2-4-9(14(13)21)8-12-15(22)18-16-17-10-5-3-6-11(10)19-20(12)16/h2,4,7-8,22H,3,5-6H2,1H3. The van der Waals surface area contributed by atoms with Crippen molar-refractivity contribution < 1.29 is 14.6 Å². The molecule has 0 atom stereocenters. The Morgan fingerprint density at radius 1 is 1.30 bits per heavy atom. The second-order valence-electron chi connectivity index (χ2n) is 5.41. The van der Waals surface area contributed by atoms with Crippen molar-refractivity contribution in [3.05, 3.63) is 46.6 Å². The number of aromatic hydroxyl groups is 1. The van der Waals surface area contributed by atoms with Crippen LogP contribution in [-0.4, -0.2) is 37.6 Å². The molecule has 0 bridgehead atoms. The number of ether oxygens (including phenoxy) is 1. The SMILES string of the molecule is COC1=CC=CC(=Cc2c(O)nc3nc4c(nn23)CCC4)C1=O. The summed E-state index contributed by atoms with van der Waals surface area (Å²) in [6, 6.07) is 0. The molecule has 0 amide bonds.